The van der Waals surface area contributed by atoms with Crippen molar-refractivity contribution in [3.05, 3.63) is 11.8 Å². The number of rotatable bonds is 0. The van der Waals surface area contributed by atoms with Crippen molar-refractivity contribution in [1.82, 2.24) is 0 Å². The van der Waals surface area contributed by atoms with E-state index in [0.29, 0.717) is 17.4 Å². The number of Topliss-reactive ketones (excluding diaryl/α,β-unsaturated/α-hetero) is 1. The molecule has 0 unspecified atom stereocenters. The van der Waals surface area contributed by atoms with Gasteiger partial charge >= 0.3 is 0 Å². The summed E-state index contributed by atoms with van der Waals surface area (Å²) in [5.74, 6) is 0.144. The lowest BCUT2D eigenvalue weighted by atomic mass is 9.83. The Balaban J connectivity index is 2.14. The Bertz CT molecular complexity index is 224. The summed E-state index contributed by atoms with van der Waals surface area (Å²) in [6.07, 6.45) is 6.01. The lowest BCUT2D eigenvalue weighted by Gasteiger charge is -2.21. The van der Waals surface area contributed by atoms with Crippen LogP contribution in [0.3, 0.4) is 0 Å². The third-order valence-electron chi connectivity index (χ3n) is 2.92. The average Bonchev–Trinajstić information content (AvgIpc) is 2.76. The van der Waals surface area contributed by atoms with E-state index in [2.05, 4.69) is 0 Å². The second-order valence-electron chi connectivity index (χ2n) is 3.75. The summed E-state index contributed by atoms with van der Waals surface area (Å²) >= 11 is 0. The van der Waals surface area contributed by atoms with Crippen LogP contribution in [0.4, 0.5) is 0 Å². The molecule has 1 N–H and O–H groups in total. The molecular weight excluding hydrogens is 140 g/mol. The van der Waals surface area contributed by atoms with Gasteiger partial charge in [0.2, 0.25) is 0 Å². The highest BCUT2D eigenvalue weighted by Gasteiger charge is 2.46. The van der Waals surface area contributed by atoms with Gasteiger partial charge in [-0.15, -0.1) is 0 Å². The maximum absolute atomic E-state index is 11.1. The highest BCUT2D eigenvalue weighted by Crippen LogP contribution is 2.56. The molecule has 0 saturated heterocycles. The molecule has 0 bridgehead atoms. The van der Waals surface area contributed by atoms with Crippen molar-refractivity contribution < 1.29 is 9.90 Å². The van der Waals surface area contributed by atoms with Crippen LogP contribution in [0.5, 0.6) is 0 Å². The van der Waals surface area contributed by atoms with Gasteiger partial charge < -0.3 is 5.11 Å². The Hall–Kier alpha value is -0.790. The number of aliphatic hydroxyl groups is 1. The van der Waals surface area contributed by atoms with E-state index in [9.17, 15) is 4.79 Å². The maximum atomic E-state index is 11.1. The molecule has 0 radical (unpaired) electrons. The Morgan fingerprint density at radius 3 is 2.64 bits per heavy atom. The van der Waals surface area contributed by atoms with E-state index in [1.54, 1.807) is 0 Å². The van der Waals surface area contributed by atoms with Crippen LogP contribution < -0.4 is 0 Å². The van der Waals surface area contributed by atoms with Crippen molar-refractivity contribution in [3.63, 3.8) is 0 Å². The van der Waals surface area contributed by atoms with E-state index in [0.717, 1.165) is 19.1 Å². The molecule has 1 spiro atoms. The fraction of sp³-hybridized carbons (Fsp3) is 0.667. The molecule has 2 heteroatoms. The summed E-state index contributed by atoms with van der Waals surface area (Å²) in [5.41, 5.74) is 1.08. The fourth-order valence-corrected chi connectivity index (χ4v) is 1.85. The zero-order valence-electron chi connectivity index (χ0n) is 6.47. The molecule has 11 heavy (non-hydrogen) atoms. The lowest BCUT2D eigenvalue weighted by molar-refractivity contribution is -0.117. The molecule has 0 atom stereocenters. The van der Waals surface area contributed by atoms with Gasteiger partial charge in [-0.1, -0.05) is 0 Å². The number of hydrogen-bond acceptors (Lipinski definition) is 2. The largest absolute Gasteiger partial charge is 0.515 e. The van der Waals surface area contributed by atoms with Gasteiger partial charge in [-0.25, -0.2) is 0 Å². The van der Waals surface area contributed by atoms with Gasteiger partial charge in [0, 0.05) is 12.0 Å². The quantitative estimate of drug-likeness (QED) is 0.425. The number of hydrogen-bond donors (Lipinski definition) is 1. The highest BCUT2D eigenvalue weighted by atomic mass is 16.2. The molecule has 60 valence electrons. The van der Waals surface area contributed by atoms with Gasteiger partial charge in [0.05, 0.1) is 6.26 Å². The van der Waals surface area contributed by atoms with Gasteiger partial charge in [0.15, 0.2) is 5.78 Å². The predicted octanol–water partition coefficient (Wildman–Crippen LogP) is 1.96. The van der Waals surface area contributed by atoms with Crippen LogP contribution in [0.25, 0.3) is 0 Å². The van der Waals surface area contributed by atoms with Gasteiger partial charge in [-0.3, -0.25) is 4.79 Å². The summed E-state index contributed by atoms with van der Waals surface area (Å²) in [4.78, 5) is 11.1. The molecule has 2 rings (SSSR count). The minimum atomic E-state index is 0.144. The van der Waals surface area contributed by atoms with Crippen molar-refractivity contribution in [2.45, 2.75) is 32.1 Å². The molecule has 2 saturated carbocycles. The topological polar surface area (TPSA) is 37.3 Å². The Morgan fingerprint density at radius 1 is 1.36 bits per heavy atom. The number of carbonyl (C=O) groups excluding carboxylic acids is 1. The Labute approximate surface area is 65.9 Å². The van der Waals surface area contributed by atoms with Gasteiger partial charge in [0.25, 0.3) is 0 Å². The predicted molar refractivity (Wildman–Crippen MR) is 41.2 cm³/mol. The first-order valence-corrected chi connectivity index (χ1v) is 4.12. The highest BCUT2D eigenvalue weighted by molar-refractivity contribution is 5.96. The molecule has 0 aromatic carbocycles. The first kappa shape index (κ1) is 6.89. The molecular formula is C9H12O2. The SMILES string of the molecule is O=C1CCC2(CC2)CC1=CO. The summed E-state index contributed by atoms with van der Waals surface area (Å²) < 4.78 is 0. The van der Waals surface area contributed by atoms with Crippen molar-refractivity contribution >= 4 is 5.78 Å². The molecule has 0 amide bonds. The number of ketones is 1. The van der Waals surface area contributed by atoms with E-state index >= 15 is 0 Å². The van der Waals surface area contributed by atoms with Gasteiger partial charge in [0.1, 0.15) is 0 Å². The van der Waals surface area contributed by atoms with Gasteiger partial charge in [-0.05, 0) is 31.1 Å². The van der Waals surface area contributed by atoms with Gasteiger partial charge in [-0.2, -0.15) is 0 Å². The van der Waals surface area contributed by atoms with Crippen LogP contribution in [0.1, 0.15) is 32.1 Å². The number of carbonyl (C=O) groups is 1. The summed E-state index contributed by atoms with van der Waals surface area (Å²) in [7, 11) is 0. The van der Waals surface area contributed by atoms with E-state index in [-0.39, 0.29) is 5.78 Å². The molecule has 0 heterocycles. The summed E-state index contributed by atoms with van der Waals surface area (Å²) in [5, 5.41) is 8.74. The second kappa shape index (κ2) is 2.10. The number of allylic oxidation sites excluding steroid dienone is 1. The minimum absolute atomic E-state index is 0.144. The fourth-order valence-electron chi connectivity index (χ4n) is 1.85. The van der Waals surface area contributed by atoms with Crippen LogP contribution in [-0.2, 0) is 4.79 Å². The molecule has 2 nitrogen and oxygen atoms in total. The molecule has 2 fully saturated rings. The van der Waals surface area contributed by atoms with Crippen molar-refractivity contribution in [1.29, 1.82) is 0 Å². The van der Waals surface area contributed by atoms with Crippen molar-refractivity contribution in [2.24, 2.45) is 5.41 Å². The van der Waals surface area contributed by atoms with Crippen LogP contribution in [0, 0.1) is 5.41 Å². The van der Waals surface area contributed by atoms with E-state index in [4.69, 9.17) is 5.11 Å². The first-order chi connectivity index (χ1) is 5.26. The minimum Gasteiger partial charge on any atom is -0.515 e. The average molecular weight is 152 g/mol. The molecule has 0 aromatic rings. The Morgan fingerprint density at radius 2 is 2.09 bits per heavy atom. The molecule has 0 aliphatic heterocycles. The zero-order chi connectivity index (χ0) is 7.90. The van der Waals surface area contributed by atoms with E-state index in [1.165, 1.54) is 12.8 Å². The Kier molecular flexibility index (Phi) is 1.31. The van der Waals surface area contributed by atoms with Crippen LogP contribution in [-0.4, -0.2) is 10.9 Å². The van der Waals surface area contributed by atoms with Crippen LogP contribution >= 0.6 is 0 Å². The summed E-state index contributed by atoms with van der Waals surface area (Å²) in [6, 6.07) is 0. The normalized spacial score (nSPS) is 31.3. The third kappa shape index (κ3) is 1.06. The second-order valence-corrected chi connectivity index (χ2v) is 3.75. The molecule has 2 aliphatic rings. The van der Waals surface area contributed by atoms with Crippen molar-refractivity contribution in [2.75, 3.05) is 0 Å². The van der Waals surface area contributed by atoms with Crippen LogP contribution in [0.2, 0.25) is 0 Å². The van der Waals surface area contributed by atoms with Crippen LogP contribution in [0.15, 0.2) is 11.8 Å². The van der Waals surface area contributed by atoms with E-state index < -0.39 is 0 Å². The summed E-state index contributed by atoms with van der Waals surface area (Å²) in [6.45, 7) is 0. The standard InChI is InChI=1S/C9H12O2/c10-6-7-5-9(3-4-9)2-1-8(7)11/h6,10H,1-5H2. The first-order valence-electron chi connectivity index (χ1n) is 4.12. The lowest BCUT2D eigenvalue weighted by Crippen LogP contribution is -2.17. The zero-order valence-corrected chi connectivity index (χ0v) is 6.47. The smallest absolute Gasteiger partial charge is 0.161 e. The number of aliphatic hydroxyl groups excluding tert-OH is 1. The molecule has 0 aromatic heterocycles. The van der Waals surface area contributed by atoms with E-state index in [1.807, 2.05) is 0 Å². The van der Waals surface area contributed by atoms with Crippen molar-refractivity contribution in [3.8, 4) is 0 Å². The maximum Gasteiger partial charge on any atom is 0.161 e. The third-order valence-corrected chi connectivity index (χ3v) is 2.92. The molecule has 2 aliphatic carbocycles. The monoisotopic (exact) mass is 152 g/mol.